The van der Waals surface area contributed by atoms with Crippen LogP contribution in [0.15, 0.2) is 29.8 Å². The molecule has 0 spiro atoms. The first-order valence-corrected chi connectivity index (χ1v) is 7.58. The number of benzene rings is 1. The molecule has 1 unspecified atom stereocenters. The van der Waals surface area contributed by atoms with Crippen molar-refractivity contribution in [1.82, 2.24) is 0 Å². The van der Waals surface area contributed by atoms with E-state index in [4.69, 9.17) is 9.47 Å². The van der Waals surface area contributed by atoms with E-state index in [2.05, 4.69) is 0 Å². The number of hydrogen-bond acceptors (Lipinski definition) is 4. The van der Waals surface area contributed by atoms with Crippen molar-refractivity contribution < 1.29 is 19.1 Å². The molecule has 0 saturated carbocycles. The molecule has 4 heteroatoms. The molecule has 1 aromatic rings. The van der Waals surface area contributed by atoms with Gasteiger partial charge in [0, 0.05) is 11.5 Å². The SMILES string of the molecule is CCOC(=O)C1=C(C(C)C)c2ccccc2C1CC(=O)OC. The van der Waals surface area contributed by atoms with Crippen LogP contribution < -0.4 is 0 Å². The monoisotopic (exact) mass is 302 g/mol. The summed E-state index contributed by atoms with van der Waals surface area (Å²) in [5.41, 5.74) is 3.61. The summed E-state index contributed by atoms with van der Waals surface area (Å²) >= 11 is 0. The highest BCUT2D eigenvalue weighted by atomic mass is 16.5. The highest BCUT2D eigenvalue weighted by Crippen LogP contribution is 2.47. The van der Waals surface area contributed by atoms with Crippen LogP contribution in [0.25, 0.3) is 5.57 Å². The number of ether oxygens (including phenoxy) is 2. The molecule has 1 aliphatic rings. The summed E-state index contributed by atoms with van der Waals surface area (Å²) in [4.78, 5) is 24.3. The molecule has 2 rings (SSSR count). The highest BCUT2D eigenvalue weighted by molar-refractivity contribution is 6.03. The Morgan fingerprint density at radius 2 is 1.91 bits per heavy atom. The van der Waals surface area contributed by atoms with Crippen LogP contribution in [0.1, 0.15) is 44.2 Å². The number of fused-ring (bicyclic) bond motifs is 1. The third kappa shape index (κ3) is 2.91. The Morgan fingerprint density at radius 3 is 2.50 bits per heavy atom. The molecule has 0 bridgehead atoms. The van der Waals surface area contributed by atoms with Crippen molar-refractivity contribution >= 4 is 17.5 Å². The van der Waals surface area contributed by atoms with Gasteiger partial charge >= 0.3 is 11.9 Å². The van der Waals surface area contributed by atoms with Crippen LogP contribution in [0.5, 0.6) is 0 Å². The molecule has 22 heavy (non-hydrogen) atoms. The van der Waals surface area contributed by atoms with Crippen molar-refractivity contribution in [3.63, 3.8) is 0 Å². The molecule has 0 fully saturated rings. The van der Waals surface area contributed by atoms with Crippen molar-refractivity contribution in [3.05, 3.63) is 41.0 Å². The van der Waals surface area contributed by atoms with Crippen molar-refractivity contribution in [1.29, 1.82) is 0 Å². The molecule has 118 valence electrons. The van der Waals surface area contributed by atoms with Crippen LogP contribution in [0.4, 0.5) is 0 Å². The second-order valence-corrected chi connectivity index (χ2v) is 5.62. The molecule has 0 amide bonds. The van der Waals surface area contributed by atoms with Crippen molar-refractivity contribution in [2.75, 3.05) is 13.7 Å². The van der Waals surface area contributed by atoms with Gasteiger partial charge in [-0.2, -0.15) is 0 Å². The largest absolute Gasteiger partial charge is 0.469 e. The molecule has 0 heterocycles. The second-order valence-electron chi connectivity index (χ2n) is 5.62. The zero-order valence-corrected chi connectivity index (χ0v) is 13.5. The van der Waals surface area contributed by atoms with Crippen molar-refractivity contribution in [3.8, 4) is 0 Å². The fourth-order valence-electron chi connectivity index (χ4n) is 3.08. The smallest absolute Gasteiger partial charge is 0.334 e. The molecule has 1 aliphatic carbocycles. The summed E-state index contributed by atoms with van der Waals surface area (Å²) < 4.78 is 10.0. The fraction of sp³-hybridized carbons (Fsp3) is 0.444. The quantitative estimate of drug-likeness (QED) is 0.783. The van der Waals surface area contributed by atoms with E-state index >= 15 is 0 Å². The molecule has 0 N–H and O–H groups in total. The molecule has 0 radical (unpaired) electrons. The highest BCUT2D eigenvalue weighted by Gasteiger charge is 2.38. The van der Waals surface area contributed by atoms with Crippen LogP contribution in [-0.4, -0.2) is 25.7 Å². The summed E-state index contributed by atoms with van der Waals surface area (Å²) in [7, 11) is 1.36. The first kappa shape index (κ1) is 16.3. The number of esters is 2. The van der Waals surface area contributed by atoms with Gasteiger partial charge in [-0.05, 0) is 29.5 Å². The minimum absolute atomic E-state index is 0.151. The Balaban J connectivity index is 2.56. The summed E-state index contributed by atoms with van der Waals surface area (Å²) in [5.74, 6) is -0.786. The standard InChI is InChI=1S/C18H22O4/c1-5-22-18(20)17-14(10-15(19)21-4)12-8-6-7-9-13(12)16(17)11(2)3/h6-9,11,14H,5,10H2,1-4H3. The van der Waals surface area contributed by atoms with E-state index in [9.17, 15) is 9.59 Å². The average molecular weight is 302 g/mol. The first-order valence-electron chi connectivity index (χ1n) is 7.58. The third-order valence-corrected chi connectivity index (χ3v) is 3.94. The van der Waals surface area contributed by atoms with E-state index in [1.54, 1.807) is 6.92 Å². The van der Waals surface area contributed by atoms with Crippen LogP contribution in [0, 0.1) is 5.92 Å². The van der Waals surface area contributed by atoms with Crippen LogP contribution in [-0.2, 0) is 19.1 Å². The number of hydrogen-bond donors (Lipinski definition) is 0. The van der Waals surface area contributed by atoms with E-state index in [-0.39, 0.29) is 30.2 Å². The van der Waals surface area contributed by atoms with E-state index in [1.165, 1.54) is 7.11 Å². The van der Waals surface area contributed by atoms with Crippen molar-refractivity contribution in [2.24, 2.45) is 5.92 Å². The van der Waals surface area contributed by atoms with Gasteiger partial charge in [-0.3, -0.25) is 4.79 Å². The lowest BCUT2D eigenvalue weighted by Crippen LogP contribution is -2.17. The van der Waals surface area contributed by atoms with Gasteiger partial charge in [0.05, 0.1) is 20.1 Å². The Labute approximate surface area is 131 Å². The molecular formula is C18H22O4. The Hall–Kier alpha value is -2.10. The number of methoxy groups -OCH3 is 1. The summed E-state index contributed by atoms with van der Waals surface area (Å²) in [5, 5.41) is 0. The van der Waals surface area contributed by atoms with Gasteiger partial charge in [0.2, 0.25) is 0 Å². The zero-order valence-electron chi connectivity index (χ0n) is 13.5. The summed E-state index contributed by atoms with van der Waals surface area (Å²) in [6.07, 6.45) is 0.151. The van der Waals surface area contributed by atoms with Crippen LogP contribution in [0.3, 0.4) is 0 Å². The normalized spacial score (nSPS) is 16.7. The van der Waals surface area contributed by atoms with Crippen LogP contribution in [0.2, 0.25) is 0 Å². The molecule has 0 aromatic heterocycles. The molecular weight excluding hydrogens is 280 g/mol. The number of carbonyl (C=O) groups is 2. The predicted octanol–water partition coefficient (Wildman–Crippen LogP) is 3.32. The maximum atomic E-state index is 12.5. The molecule has 4 nitrogen and oxygen atoms in total. The van der Waals surface area contributed by atoms with Crippen LogP contribution >= 0.6 is 0 Å². The molecule has 1 atom stereocenters. The van der Waals surface area contributed by atoms with Gasteiger partial charge in [0.15, 0.2) is 0 Å². The topological polar surface area (TPSA) is 52.6 Å². The van der Waals surface area contributed by atoms with Gasteiger partial charge in [0.1, 0.15) is 0 Å². The van der Waals surface area contributed by atoms with Gasteiger partial charge in [-0.25, -0.2) is 4.79 Å². The number of allylic oxidation sites excluding steroid dienone is 1. The minimum Gasteiger partial charge on any atom is -0.469 e. The van der Waals surface area contributed by atoms with Gasteiger partial charge < -0.3 is 9.47 Å². The lowest BCUT2D eigenvalue weighted by atomic mass is 9.91. The molecule has 0 aliphatic heterocycles. The minimum atomic E-state index is -0.337. The van der Waals surface area contributed by atoms with Gasteiger partial charge in [0.25, 0.3) is 0 Å². The fourth-order valence-corrected chi connectivity index (χ4v) is 3.08. The van der Waals surface area contributed by atoms with Gasteiger partial charge in [-0.15, -0.1) is 0 Å². The number of rotatable bonds is 5. The predicted molar refractivity (Wildman–Crippen MR) is 84.2 cm³/mol. The Kier molecular flexibility index (Phi) is 5.01. The van der Waals surface area contributed by atoms with E-state index in [0.29, 0.717) is 12.2 Å². The van der Waals surface area contributed by atoms with Crippen molar-refractivity contribution in [2.45, 2.75) is 33.1 Å². The second kappa shape index (κ2) is 6.77. The maximum absolute atomic E-state index is 12.5. The lowest BCUT2D eigenvalue weighted by Gasteiger charge is -2.15. The molecule has 1 aromatic carbocycles. The lowest BCUT2D eigenvalue weighted by molar-refractivity contribution is -0.141. The first-order chi connectivity index (χ1) is 10.5. The summed E-state index contributed by atoms with van der Waals surface area (Å²) in [6.45, 7) is 6.19. The Morgan fingerprint density at radius 1 is 1.23 bits per heavy atom. The third-order valence-electron chi connectivity index (χ3n) is 3.94. The number of carbonyl (C=O) groups excluding carboxylic acids is 2. The Bertz CT molecular complexity index is 613. The van der Waals surface area contributed by atoms with E-state index < -0.39 is 0 Å². The average Bonchev–Trinajstić information content (AvgIpc) is 2.82. The van der Waals surface area contributed by atoms with E-state index in [1.807, 2.05) is 38.1 Å². The van der Waals surface area contributed by atoms with E-state index in [0.717, 1.165) is 16.7 Å². The summed E-state index contributed by atoms with van der Waals surface area (Å²) in [6, 6.07) is 7.85. The van der Waals surface area contributed by atoms with Gasteiger partial charge in [-0.1, -0.05) is 38.1 Å². The molecule has 0 saturated heterocycles. The maximum Gasteiger partial charge on any atom is 0.334 e. The zero-order chi connectivity index (χ0) is 16.3.